The Labute approximate surface area is 127 Å². The maximum atomic E-state index is 12.7. The van der Waals surface area contributed by atoms with Crippen LogP contribution in [0.25, 0.3) is 0 Å². The standard InChI is InChI=1S/C15H11F6NO/c1-8-2-9(14(16,17)18)5-12(3-8)23-13-6-10(15(19,20)21)4-11(22)7-13/h2-7H,22H2,1H3. The van der Waals surface area contributed by atoms with Crippen LogP contribution in [-0.2, 0) is 12.4 Å². The van der Waals surface area contributed by atoms with Crippen molar-refractivity contribution in [2.45, 2.75) is 19.3 Å². The number of benzene rings is 2. The third-order valence-electron chi connectivity index (χ3n) is 2.87. The lowest BCUT2D eigenvalue weighted by molar-refractivity contribution is -0.138. The first-order chi connectivity index (χ1) is 10.4. The molecule has 2 aromatic carbocycles. The van der Waals surface area contributed by atoms with Gasteiger partial charge >= 0.3 is 12.4 Å². The second-order valence-corrected chi connectivity index (χ2v) is 4.92. The lowest BCUT2D eigenvalue weighted by atomic mass is 10.1. The van der Waals surface area contributed by atoms with E-state index in [0.29, 0.717) is 18.2 Å². The first-order valence-electron chi connectivity index (χ1n) is 6.29. The van der Waals surface area contributed by atoms with Gasteiger partial charge in [0.15, 0.2) is 0 Å². The highest BCUT2D eigenvalue weighted by Crippen LogP contribution is 2.37. The zero-order valence-electron chi connectivity index (χ0n) is 11.7. The highest BCUT2D eigenvalue weighted by Gasteiger charge is 2.32. The molecule has 0 aliphatic carbocycles. The number of ether oxygens (including phenoxy) is 1. The van der Waals surface area contributed by atoms with Crippen LogP contribution >= 0.6 is 0 Å². The van der Waals surface area contributed by atoms with E-state index in [9.17, 15) is 26.3 Å². The SMILES string of the molecule is Cc1cc(Oc2cc(N)cc(C(F)(F)F)c2)cc(C(F)(F)F)c1. The van der Waals surface area contributed by atoms with Gasteiger partial charge in [0, 0.05) is 11.8 Å². The molecule has 0 radical (unpaired) electrons. The Balaban J connectivity index is 2.40. The van der Waals surface area contributed by atoms with E-state index in [1.54, 1.807) is 0 Å². The van der Waals surface area contributed by atoms with Crippen molar-refractivity contribution in [1.29, 1.82) is 0 Å². The zero-order chi connectivity index (χ0) is 17.4. The maximum absolute atomic E-state index is 12.7. The molecule has 0 saturated heterocycles. The molecule has 0 aliphatic heterocycles. The van der Waals surface area contributed by atoms with Crippen LogP contribution < -0.4 is 10.5 Å². The summed E-state index contributed by atoms with van der Waals surface area (Å²) in [6.07, 6.45) is -9.23. The summed E-state index contributed by atoms with van der Waals surface area (Å²) < 4.78 is 81.5. The van der Waals surface area contributed by atoms with Crippen molar-refractivity contribution in [1.82, 2.24) is 0 Å². The quantitative estimate of drug-likeness (QED) is 0.588. The lowest BCUT2D eigenvalue weighted by Gasteiger charge is -2.14. The molecule has 0 amide bonds. The molecular weight excluding hydrogens is 324 g/mol. The normalized spacial score (nSPS) is 12.3. The van der Waals surface area contributed by atoms with Crippen LogP contribution in [0.2, 0.25) is 0 Å². The number of alkyl halides is 6. The fourth-order valence-corrected chi connectivity index (χ4v) is 1.95. The Morgan fingerprint density at radius 3 is 1.74 bits per heavy atom. The number of nitrogen functional groups attached to an aromatic ring is 1. The van der Waals surface area contributed by atoms with E-state index in [0.717, 1.165) is 12.1 Å². The van der Waals surface area contributed by atoms with Crippen LogP contribution in [-0.4, -0.2) is 0 Å². The van der Waals surface area contributed by atoms with Crippen molar-refractivity contribution in [3.63, 3.8) is 0 Å². The molecule has 0 fully saturated rings. The molecule has 0 atom stereocenters. The number of rotatable bonds is 2. The summed E-state index contributed by atoms with van der Waals surface area (Å²) in [4.78, 5) is 0. The van der Waals surface area contributed by atoms with Gasteiger partial charge in [-0.05, 0) is 42.8 Å². The predicted octanol–water partition coefficient (Wildman–Crippen LogP) is 5.41. The van der Waals surface area contributed by atoms with Crippen LogP contribution in [0.1, 0.15) is 16.7 Å². The topological polar surface area (TPSA) is 35.2 Å². The molecule has 2 aromatic rings. The molecule has 2 nitrogen and oxygen atoms in total. The van der Waals surface area contributed by atoms with E-state index in [2.05, 4.69) is 0 Å². The number of hydrogen-bond acceptors (Lipinski definition) is 2. The van der Waals surface area contributed by atoms with E-state index in [1.165, 1.54) is 13.0 Å². The van der Waals surface area contributed by atoms with Crippen LogP contribution in [0.15, 0.2) is 36.4 Å². The smallest absolute Gasteiger partial charge is 0.416 e. The highest BCUT2D eigenvalue weighted by molar-refractivity contribution is 5.50. The molecule has 0 aliphatic rings. The Morgan fingerprint density at radius 1 is 0.739 bits per heavy atom. The number of anilines is 1. The Bertz CT molecular complexity index is 659. The first kappa shape index (κ1) is 17.0. The van der Waals surface area contributed by atoms with Crippen molar-refractivity contribution >= 4 is 5.69 Å². The first-order valence-corrected chi connectivity index (χ1v) is 6.29. The van der Waals surface area contributed by atoms with Gasteiger partial charge in [-0.25, -0.2) is 0 Å². The molecule has 0 heterocycles. The molecule has 2 rings (SSSR count). The van der Waals surface area contributed by atoms with Gasteiger partial charge < -0.3 is 10.5 Å². The van der Waals surface area contributed by atoms with Gasteiger partial charge in [-0.3, -0.25) is 0 Å². The molecule has 0 spiro atoms. The molecule has 0 unspecified atom stereocenters. The van der Waals surface area contributed by atoms with Crippen LogP contribution in [0.5, 0.6) is 11.5 Å². The van der Waals surface area contributed by atoms with Gasteiger partial charge in [0.25, 0.3) is 0 Å². The molecule has 124 valence electrons. The van der Waals surface area contributed by atoms with Crippen molar-refractivity contribution in [2.75, 3.05) is 5.73 Å². The maximum Gasteiger partial charge on any atom is 0.416 e. The largest absolute Gasteiger partial charge is 0.457 e. The summed E-state index contributed by atoms with van der Waals surface area (Å²) in [5.74, 6) is -0.521. The van der Waals surface area contributed by atoms with E-state index < -0.39 is 23.5 Å². The zero-order valence-corrected chi connectivity index (χ0v) is 11.7. The predicted molar refractivity (Wildman–Crippen MR) is 72.1 cm³/mol. The van der Waals surface area contributed by atoms with Gasteiger partial charge in [-0.1, -0.05) is 0 Å². The fraction of sp³-hybridized carbons (Fsp3) is 0.200. The minimum absolute atomic E-state index is 0.210. The van der Waals surface area contributed by atoms with Crippen molar-refractivity contribution in [2.24, 2.45) is 0 Å². The summed E-state index contributed by atoms with van der Waals surface area (Å²) in [6, 6.07) is 5.39. The van der Waals surface area contributed by atoms with Crippen LogP contribution in [0.4, 0.5) is 32.0 Å². The molecule has 0 bridgehead atoms. The van der Waals surface area contributed by atoms with Gasteiger partial charge in [0.1, 0.15) is 11.5 Å². The minimum Gasteiger partial charge on any atom is -0.457 e. The van der Waals surface area contributed by atoms with Crippen molar-refractivity contribution in [3.05, 3.63) is 53.1 Å². The van der Waals surface area contributed by atoms with E-state index in [4.69, 9.17) is 10.5 Å². The summed E-state index contributed by atoms with van der Waals surface area (Å²) in [7, 11) is 0. The highest BCUT2D eigenvalue weighted by atomic mass is 19.4. The number of halogens is 6. The monoisotopic (exact) mass is 335 g/mol. The average molecular weight is 335 g/mol. The summed E-state index contributed by atoms with van der Waals surface area (Å²) in [6.45, 7) is 1.42. The third kappa shape index (κ3) is 4.30. The molecule has 0 aromatic heterocycles. The Morgan fingerprint density at radius 2 is 1.22 bits per heavy atom. The number of hydrogen-bond donors (Lipinski definition) is 1. The summed E-state index contributed by atoms with van der Waals surface area (Å²) in [5, 5.41) is 0. The lowest BCUT2D eigenvalue weighted by Crippen LogP contribution is -2.07. The Kier molecular flexibility index (Phi) is 4.19. The second-order valence-electron chi connectivity index (χ2n) is 4.92. The van der Waals surface area contributed by atoms with Crippen LogP contribution in [0.3, 0.4) is 0 Å². The molecule has 23 heavy (non-hydrogen) atoms. The molecular formula is C15H11F6NO. The Hall–Kier alpha value is -2.38. The van der Waals surface area contributed by atoms with Crippen molar-refractivity contribution < 1.29 is 31.1 Å². The van der Waals surface area contributed by atoms with Crippen molar-refractivity contribution in [3.8, 4) is 11.5 Å². The molecule has 2 N–H and O–H groups in total. The van der Waals surface area contributed by atoms with Gasteiger partial charge in [-0.15, -0.1) is 0 Å². The summed E-state index contributed by atoms with van der Waals surface area (Å²) in [5.41, 5.74) is 3.43. The number of nitrogens with two attached hydrogens (primary N) is 1. The van der Waals surface area contributed by atoms with E-state index >= 15 is 0 Å². The van der Waals surface area contributed by atoms with Gasteiger partial charge in [0.2, 0.25) is 0 Å². The van der Waals surface area contributed by atoms with Gasteiger partial charge in [-0.2, -0.15) is 26.3 Å². The summed E-state index contributed by atoms with van der Waals surface area (Å²) >= 11 is 0. The number of aryl methyl sites for hydroxylation is 1. The minimum atomic E-state index is -4.64. The fourth-order valence-electron chi connectivity index (χ4n) is 1.95. The second kappa shape index (κ2) is 5.68. The third-order valence-corrected chi connectivity index (χ3v) is 2.87. The molecule has 8 heteroatoms. The van der Waals surface area contributed by atoms with Crippen LogP contribution in [0, 0.1) is 6.92 Å². The van der Waals surface area contributed by atoms with Gasteiger partial charge in [0.05, 0.1) is 11.1 Å². The molecule has 0 saturated carbocycles. The average Bonchev–Trinajstić information content (AvgIpc) is 2.35. The van der Waals surface area contributed by atoms with E-state index in [-0.39, 0.29) is 22.7 Å². The van der Waals surface area contributed by atoms with E-state index in [1.807, 2.05) is 0 Å².